The normalized spacial score (nSPS) is 30.9. The molecule has 0 bridgehead atoms. The molecule has 2 rings (SSSR count). The van der Waals surface area contributed by atoms with E-state index in [9.17, 15) is 0 Å². The van der Waals surface area contributed by atoms with Crippen LogP contribution in [-0.4, -0.2) is 23.6 Å². The molecule has 16 heavy (non-hydrogen) atoms. The van der Waals surface area contributed by atoms with Crippen LogP contribution in [0.5, 0.6) is 0 Å². The predicted octanol–water partition coefficient (Wildman–Crippen LogP) is 3.83. The lowest BCUT2D eigenvalue weighted by Crippen LogP contribution is -2.43. The number of nitrogens with one attached hydrogen (secondary N) is 1. The second-order valence-corrected chi connectivity index (χ2v) is 6.77. The molecule has 94 valence electrons. The second-order valence-electron chi connectivity index (χ2n) is 5.62. The minimum atomic E-state index is 0.752. The van der Waals surface area contributed by atoms with E-state index in [0.29, 0.717) is 0 Å². The molecule has 1 unspecified atom stereocenters. The van der Waals surface area contributed by atoms with Gasteiger partial charge in [0.25, 0.3) is 0 Å². The van der Waals surface area contributed by atoms with E-state index in [1.165, 1.54) is 62.9 Å². The van der Waals surface area contributed by atoms with Crippen molar-refractivity contribution in [3.63, 3.8) is 0 Å². The average Bonchev–Trinajstić information content (AvgIpc) is 2.59. The quantitative estimate of drug-likeness (QED) is 0.754. The van der Waals surface area contributed by atoms with E-state index >= 15 is 0 Å². The van der Waals surface area contributed by atoms with Crippen LogP contribution in [0.25, 0.3) is 0 Å². The third-order valence-electron chi connectivity index (χ3n) is 4.27. The molecule has 2 fully saturated rings. The molecule has 1 saturated carbocycles. The Morgan fingerprint density at radius 2 is 1.75 bits per heavy atom. The molecule has 0 spiro atoms. The molecule has 2 heteroatoms. The van der Waals surface area contributed by atoms with Gasteiger partial charge in [-0.1, -0.05) is 25.7 Å². The van der Waals surface area contributed by atoms with Gasteiger partial charge in [0.15, 0.2) is 0 Å². The molecule has 0 aromatic carbocycles. The molecular formula is C14H27NS. The Morgan fingerprint density at radius 1 is 1.00 bits per heavy atom. The van der Waals surface area contributed by atoms with Gasteiger partial charge < -0.3 is 5.32 Å². The van der Waals surface area contributed by atoms with Gasteiger partial charge in [0, 0.05) is 17.8 Å². The standard InChI is InChI=1S/C14H27NS/c1-12(13-7-4-2-3-5-8-13)15-14-9-6-10-16-11-14/h12-15H,2-11H2,1H3/t12-,14?/m0/s1. The number of thioether (sulfide) groups is 1. The summed E-state index contributed by atoms with van der Waals surface area (Å²) in [4.78, 5) is 0. The van der Waals surface area contributed by atoms with Crippen molar-refractivity contribution in [2.24, 2.45) is 5.92 Å². The zero-order valence-corrected chi connectivity index (χ0v) is 11.5. The van der Waals surface area contributed by atoms with Gasteiger partial charge in [-0.05, 0) is 44.3 Å². The second kappa shape index (κ2) is 6.90. The van der Waals surface area contributed by atoms with Crippen LogP contribution in [-0.2, 0) is 0 Å². The van der Waals surface area contributed by atoms with E-state index in [4.69, 9.17) is 0 Å². The van der Waals surface area contributed by atoms with Crippen LogP contribution in [0.4, 0.5) is 0 Å². The fourth-order valence-electron chi connectivity index (χ4n) is 3.19. The fourth-order valence-corrected chi connectivity index (χ4v) is 4.28. The summed E-state index contributed by atoms with van der Waals surface area (Å²) in [6.07, 6.45) is 11.6. The van der Waals surface area contributed by atoms with E-state index in [1.54, 1.807) is 0 Å². The van der Waals surface area contributed by atoms with E-state index in [2.05, 4.69) is 24.0 Å². The first-order valence-electron chi connectivity index (χ1n) is 7.20. The maximum absolute atomic E-state index is 3.90. The molecule has 0 radical (unpaired) electrons. The third-order valence-corrected chi connectivity index (χ3v) is 5.48. The van der Waals surface area contributed by atoms with Gasteiger partial charge in [0.1, 0.15) is 0 Å². The van der Waals surface area contributed by atoms with Gasteiger partial charge in [-0.3, -0.25) is 0 Å². The van der Waals surface area contributed by atoms with Crippen molar-refractivity contribution in [3.8, 4) is 0 Å². The van der Waals surface area contributed by atoms with Crippen LogP contribution in [0.2, 0.25) is 0 Å². The van der Waals surface area contributed by atoms with E-state index in [-0.39, 0.29) is 0 Å². The smallest absolute Gasteiger partial charge is 0.0161 e. The molecular weight excluding hydrogens is 214 g/mol. The first-order valence-corrected chi connectivity index (χ1v) is 8.35. The van der Waals surface area contributed by atoms with Crippen molar-refractivity contribution < 1.29 is 0 Å². The lowest BCUT2D eigenvalue weighted by Gasteiger charge is -2.30. The molecule has 2 aliphatic rings. The first-order chi connectivity index (χ1) is 7.86. The van der Waals surface area contributed by atoms with Crippen molar-refractivity contribution in [1.82, 2.24) is 5.32 Å². The highest BCUT2D eigenvalue weighted by atomic mass is 32.2. The van der Waals surface area contributed by atoms with Gasteiger partial charge >= 0.3 is 0 Å². The molecule has 2 atom stereocenters. The minimum Gasteiger partial charge on any atom is -0.310 e. The minimum absolute atomic E-state index is 0.752. The fraction of sp³-hybridized carbons (Fsp3) is 1.00. The predicted molar refractivity (Wildman–Crippen MR) is 74.1 cm³/mol. The molecule has 1 saturated heterocycles. The van der Waals surface area contributed by atoms with Gasteiger partial charge in [-0.25, -0.2) is 0 Å². The molecule has 1 aliphatic carbocycles. The van der Waals surface area contributed by atoms with Crippen molar-refractivity contribution in [2.45, 2.75) is 70.4 Å². The number of hydrogen-bond donors (Lipinski definition) is 1. The molecule has 1 N–H and O–H groups in total. The Bertz CT molecular complexity index is 181. The van der Waals surface area contributed by atoms with E-state index in [1.807, 2.05) is 0 Å². The van der Waals surface area contributed by atoms with Crippen molar-refractivity contribution in [2.75, 3.05) is 11.5 Å². The van der Waals surface area contributed by atoms with Crippen LogP contribution >= 0.6 is 11.8 Å². The Labute approximate surface area is 105 Å². The van der Waals surface area contributed by atoms with Crippen LogP contribution in [0, 0.1) is 5.92 Å². The maximum Gasteiger partial charge on any atom is 0.0161 e. The summed E-state index contributed by atoms with van der Waals surface area (Å²) in [5.74, 6) is 3.68. The highest BCUT2D eigenvalue weighted by Crippen LogP contribution is 2.26. The Balaban J connectivity index is 1.74. The Kier molecular flexibility index (Phi) is 5.51. The third kappa shape index (κ3) is 3.96. The molecule has 1 aliphatic heterocycles. The van der Waals surface area contributed by atoms with E-state index < -0.39 is 0 Å². The largest absolute Gasteiger partial charge is 0.310 e. The number of rotatable bonds is 3. The van der Waals surface area contributed by atoms with Crippen LogP contribution in [0.3, 0.4) is 0 Å². The summed E-state index contributed by atoms with van der Waals surface area (Å²) >= 11 is 2.13. The highest BCUT2D eigenvalue weighted by Gasteiger charge is 2.22. The van der Waals surface area contributed by atoms with Crippen LogP contribution in [0.15, 0.2) is 0 Å². The molecule has 1 heterocycles. The Hall–Kier alpha value is 0.310. The monoisotopic (exact) mass is 241 g/mol. The van der Waals surface area contributed by atoms with Crippen molar-refractivity contribution >= 4 is 11.8 Å². The van der Waals surface area contributed by atoms with Crippen molar-refractivity contribution in [3.05, 3.63) is 0 Å². The van der Waals surface area contributed by atoms with Gasteiger partial charge in [0.05, 0.1) is 0 Å². The number of hydrogen-bond acceptors (Lipinski definition) is 2. The van der Waals surface area contributed by atoms with E-state index in [0.717, 1.165) is 18.0 Å². The summed E-state index contributed by atoms with van der Waals surface area (Å²) in [7, 11) is 0. The summed E-state index contributed by atoms with van der Waals surface area (Å²) in [6.45, 7) is 2.43. The zero-order chi connectivity index (χ0) is 11.2. The van der Waals surface area contributed by atoms with Gasteiger partial charge in [-0.2, -0.15) is 11.8 Å². The van der Waals surface area contributed by atoms with Gasteiger partial charge in [-0.15, -0.1) is 0 Å². The maximum atomic E-state index is 3.90. The first kappa shape index (κ1) is 12.8. The summed E-state index contributed by atoms with van der Waals surface area (Å²) in [5.41, 5.74) is 0. The lowest BCUT2D eigenvalue weighted by atomic mass is 9.92. The van der Waals surface area contributed by atoms with Crippen molar-refractivity contribution in [1.29, 1.82) is 0 Å². The topological polar surface area (TPSA) is 12.0 Å². The SMILES string of the molecule is C[C@H](NC1CCCSC1)C1CCCCCC1. The lowest BCUT2D eigenvalue weighted by molar-refractivity contribution is 0.309. The summed E-state index contributed by atoms with van der Waals surface area (Å²) < 4.78 is 0. The molecule has 0 aromatic rings. The van der Waals surface area contributed by atoms with Crippen LogP contribution < -0.4 is 5.32 Å². The van der Waals surface area contributed by atoms with Gasteiger partial charge in [0.2, 0.25) is 0 Å². The molecule has 0 amide bonds. The molecule has 0 aromatic heterocycles. The Morgan fingerprint density at radius 3 is 2.38 bits per heavy atom. The summed E-state index contributed by atoms with van der Waals surface area (Å²) in [5, 5.41) is 3.90. The summed E-state index contributed by atoms with van der Waals surface area (Å²) in [6, 6.07) is 1.55. The average molecular weight is 241 g/mol. The molecule has 1 nitrogen and oxygen atoms in total. The van der Waals surface area contributed by atoms with Crippen LogP contribution in [0.1, 0.15) is 58.3 Å². The zero-order valence-electron chi connectivity index (χ0n) is 10.7. The highest BCUT2D eigenvalue weighted by molar-refractivity contribution is 7.99.